The lowest BCUT2D eigenvalue weighted by atomic mass is 10.2. The Bertz CT molecular complexity index is 528. The van der Waals surface area contributed by atoms with Crippen LogP contribution in [0.4, 0.5) is 5.69 Å². The minimum atomic E-state index is 0.558. The van der Waals surface area contributed by atoms with Crippen molar-refractivity contribution in [1.29, 1.82) is 5.26 Å². The Morgan fingerprint density at radius 3 is 3.06 bits per heavy atom. The van der Waals surface area contributed by atoms with E-state index in [1.807, 2.05) is 16.8 Å². The molecule has 2 rings (SSSR count). The highest BCUT2D eigenvalue weighted by Crippen LogP contribution is 2.19. The molecular formula is C12H11ClN4. The maximum Gasteiger partial charge on any atom is 0.101 e. The van der Waals surface area contributed by atoms with Gasteiger partial charge in [-0.05, 0) is 18.2 Å². The number of benzene rings is 1. The molecule has 86 valence electrons. The van der Waals surface area contributed by atoms with E-state index >= 15 is 0 Å². The first-order chi connectivity index (χ1) is 8.29. The van der Waals surface area contributed by atoms with Gasteiger partial charge in [-0.1, -0.05) is 11.6 Å². The Balaban J connectivity index is 1.97. The van der Waals surface area contributed by atoms with Crippen molar-refractivity contribution in [2.45, 2.75) is 6.54 Å². The molecule has 0 aliphatic carbocycles. The number of hydrogen-bond donors (Lipinski definition) is 1. The highest BCUT2D eigenvalue weighted by atomic mass is 35.5. The van der Waals surface area contributed by atoms with Crippen LogP contribution in [0.5, 0.6) is 0 Å². The number of nitrogens with zero attached hydrogens (tertiary/aromatic N) is 3. The van der Waals surface area contributed by atoms with E-state index in [9.17, 15) is 0 Å². The summed E-state index contributed by atoms with van der Waals surface area (Å²) in [5.41, 5.74) is 1.36. The van der Waals surface area contributed by atoms with Crippen LogP contribution in [-0.4, -0.2) is 16.1 Å². The van der Waals surface area contributed by atoms with Crippen LogP contribution in [0.15, 0.2) is 36.9 Å². The maximum atomic E-state index is 8.96. The molecular weight excluding hydrogens is 236 g/mol. The van der Waals surface area contributed by atoms with Crippen LogP contribution in [0.25, 0.3) is 0 Å². The quantitative estimate of drug-likeness (QED) is 0.902. The molecule has 0 spiro atoms. The molecule has 5 heteroatoms. The van der Waals surface area contributed by atoms with Gasteiger partial charge in [-0.3, -0.25) is 0 Å². The van der Waals surface area contributed by atoms with Gasteiger partial charge in [0, 0.05) is 30.5 Å². The summed E-state index contributed by atoms with van der Waals surface area (Å²) in [6, 6.07) is 7.35. The van der Waals surface area contributed by atoms with Crippen molar-refractivity contribution in [2.75, 3.05) is 11.9 Å². The second kappa shape index (κ2) is 5.37. The molecule has 1 aromatic heterocycles. The third kappa shape index (κ3) is 2.99. The number of rotatable bonds is 4. The van der Waals surface area contributed by atoms with Crippen molar-refractivity contribution in [3.8, 4) is 6.07 Å². The van der Waals surface area contributed by atoms with Crippen molar-refractivity contribution in [2.24, 2.45) is 0 Å². The predicted molar refractivity (Wildman–Crippen MR) is 66.9 cm³/mol. The molecule has 0 amide bonds. The average molecular weight is 247 g/mol. The number of halogens is 1. The third-order valence-corrected chi connectivity index (χ3v) is 2.58. The first-order valence-corrected chi connectivity index (χ1v) is 5.56. The van der Waals surface area contributed by atoms with E-state index in [2.05, 4.69) is 16.4 Å². The monoisotopic (exact) mass is 246 g/mol. The van der Waals surface area contributed by atoms with Crippen molar-refractivity contribution in [3.05, 3.63) is 47.5 Å². The minimum Gasteiger partial charge on any atom is -0.382 e. The molecule has 1 aromatic carbocycles. The van der Waals surface area contributed by atoms with Gasteiger partial charge in [0.25, 0.3) is 0 Å². The normalized spacial score (nSPS) is 9.88. The van der Waals surface area contributed by atoms with Gasteiger partial charge in [0.05, 0.1) is 17.6 Å². The molecule has 1 heterocycles. The summed E-state index contributed by atoms with van der Waals surface area (Å²) in [5.74, 6) is 0. The minimum absolute atomic E-state index is 0.558. The fourth-order valence-electron chi connectivity index (χ4n) is 1.50. The summed E-state index contributed by atoms with van der Waals surface area (Å²) in [4.78, 5) is 3.96. The van der Waals surface area contributed by atoms with Crippen LogP contribution in [0.3, 0.4) is 0 Å². The Labute approximate surface area is 104 Å². The molecule has 0 radical (unpaired) electrons. The molecule has 0 atom stereocenters. The first kappa shape index (κ1) is 11.5. The Kier molecular flexibility index (Phi) is 3.63. The average Bonchev–Trinajstić information content (AvgIpc) is 2.84. The van der Waals surface area contributed by atoms with Crippen LogP contribution in [-0.2, 0) is 6.54 Å². The lowest BCUT2D eigenvalue weighted by Crippen LogP contribution is -2.09. The van der Waals surface area contributed by atoms with E-state index in [0.29, 0.717) is 10.6 Å². The van der Waals surface area contributed by atoms with E-state index in [-0.39, 0.29) is 0 Å². The lowest BCUT2D eigenvalue weighted by molar-refractivity contribution is 0.727. The van der Waals surface area contributed by atoms with Crippen molar-refractivity contribution in [1.82, 2.24) is 9.55 Å². The molecule has 0 saturated heterocycles. The largest absolute Gasteiger partial charge is 0.382 e. The number of anilines is 1. The summed E-state index contributed by atoms with van der Waals surface area (Å²) in [6.07, 6.45) is 5.40. The van der Waals surface area contributed by atoms with Gasteiger partial charge in [0.1, 0.15) is 6.07 Å². The zero-order valence-electron chi connectivity index (χ0n) is 9.10. The van der Waals surface area contributed by atoms with E-state index in [1.54, 1.807) is 24.7 Å². The van der Waals surface area contributed by atoms with Crippen LogP contribution in [0.2, 0.25) is 5.02 Å². The van der Waals surface area contributed by atoms with E-state index < -0.39 is 0 Å². The molecule has 4 nitrogen and oxygen atoms in total. The standard InChI is InChI=1S/C12H11ClN4/c13-11-1-2-12(10(7-11)8-14)16-4-6-17-5-3-15-9-17/h1-3,5,7,9,16H,4,6H2. The molecule has 0 unspecified atom stereocenters. The summed E-state index contributed by atoms with van der Waals surface area (Å²) >= 11 is 5.82. The van der Waals surface area contributed by atoms with Gasteiger partial charge >= 0.3 is 0 Å². The summed E-state index contributed by atoms with van der Waals surface area (Å²) < 4.78 is 1.97. The number of hydrogen-bond acceptors (Lipinski definition) is 3. The van der Waals surface area contributed by atoms with Gasteiger partial charge in [-0.25, -0.2) is 4.98 Å². The Morgan fingerprint density at radius 1 is 1.47 bits per heavy atom. The van der Waals surface area contributed by atoms with Crippen LogP contribution in [0.1, 0.15) is 5.56 Å². The molecule has 0 aliphatic rings. The third-order valence-electron chi connectivity index (χ3n) is 2.35. The Hall–Kier alpha value is -1.99. The van der Waals surface area contributed by atoms with Crippen LogP contribution < -0.4 is 5.32 Å². The number of aromatic nitrogens is 2. The van der Waals surface area contributed by atoms with Crippen LogP contribution in [0, 0.1) is 11.3 Å². The van der Waals surface area contributed by atoms with E-state index in [0.717, 1.165) is 18.8 Å². The molecule has 0 bridgehead atoms. The van der Waals surface area contributed by atoms with Crippen molar-refractivity contribution in [3.63, 3.8) is 0 Å². The Morgan fingerprint density at radius 2 is 2.35 bits per heavy atom. The fourth-order valence-corrected chi connectivity index (χ4v) is 1.67. The smallest absolute Gasteiger partial charge is 0.101 e. The highest BCUT2D eigenvalue weighted by molar-refractivity contribution is 6.30. The van der Waals surface area contributed by atoms with Gasteiger partial charge in [0.15, 0.2) is 0 Å². The zero-order chi connectivity index (χ0) is 12.1. The molecule has 1 N–H and O–H groups in total. The zero-order valence-corrected chi connectivity index (χ0v) is 9.85. The van der Waals surface area contributed by atoms with Gasteiger partial charge < -0.3 is 9.88 Å². The lowest BCUT2D eigenvalue weighted by Gasteiger charge is -2.08. The first-order valence-electron chi connectivity index (χ1n) is 5.19. The highest BCUT2D eigenvalue weighted by Gasteiger charge is 2.01. The molecule has 0 saturated carbocycles. The van der Waals surface area contributed by atoms with Gasteiger partial charge in [-0.2, -0.15) is 5.26 Å². The molecule has 0 aliphatic heterocycles. The number of nitriles is 1. The summed E-state index contributed by atoms with van der Waals surface area (Å²) in [7, 11) is 0. The topological polar surface area (TPSA) is 53.6 Å². The van der Waals surface area contributed by atoms with E-state index in [1.165, 1.54) is 0 Å². The molecule has 0 fully saturated rings. The predicted octanol–water partition coefficient (Wildman–Crippen LogP) is 2.52. The molecule has 2 aromatic rings. The van der Waals surface area contributed by atoms with Crippen LogP contribution >= 0.6 is 11.6 Å². The summed E-state index contributed by atoms with van der Waals surface area (Å²) in [6.45, 7) is 1.53. The van der Waals surface area contributed by atoms with Gasteiger partial charge in [-0.15, -0.1) is 0 Å². The number of nitrogens with one attached hydrogen (secondary N) is 1. The maximum absolute atomic E-state index is 8.96. The summed E-state index contributed by atoms with van der Waals surface area (Å²) in [5, 5.41) is 12.7. The SMILES string of the molecule is N#Cc1cc(Cl)ccc1NCCn1ccnc1. The van der Waals surface area contributed by atoms with Crippen molar-refractivity contribution < 1.29 is 0 Å². The fraction of sp³-hybridized carbons (Fsp3) is 0.167. The number of imidazole rings is 1. The second-order valence-electron chi connectivity index (χ2n) is 3.53. The van der Waals surface area contributed by atoms with Crippen molar-refractivity contribution >= 4 is 17.3 Å². The van der Waals surface area contributed by atoms with E-state index in [4.69, 9.17) is 16.9 Å². The molecule has 17 heavy (non-hydrogen) atoms. The van der Waals surface area contributed by atoms with Gasteiger partial charge in [0.2, 0.25) is 0 Å². The second-order valence-corrected chi connectivity index (χ2v) is 3.97.